The maximum absolute atomic E-state index is 12.9. The quantitative estimate of drug-likeness (QED) is 0.212. The van der Waals surface area contributed by atoms with Crippen LogP contribution in [0.4, 0.5) is 5.69 Å². The summed E-state index contributed by atoms with van der Waals surface area (Å²) in [7, 11) is 1.74. The van der Waals surface area contributed by atoms with E-state index in [2.05, 4.69) is 26.6 Å². The van der Waals surface area contributed by atoms with Crippen LogP contribution in [0.5, 0.6) is 0 Å². The highest BCUT2D eigenvalue weighted by Gasteiger charge is 2.28. The Kier molecular flexibility index (Phi) is 13.7. The van der Waals surface area contributed by atoms with E-state index in [1.807, 2.05) is 27.7 Å². The lowest BCUT2D eigenvalue weighted by molar-refractivity contribution is -0.133. The summed E-state index contributed by atoms with van der Waals surface area (Å²) in [6.07, 6.45) is 1.08. The van der Waals surface area contributed by atoms with Gasteiger partial charge in [0.25, 0.3) is 0 Å². The van der Waals surface area contributed by atoms with Crippen LogP contribution in [0.15, 0.2) is 24.3 Å². The second-order valence-electron chi connectivity index (χ2n) is 9.87. The van der Waals surface area contributed by atoms with Crippen molar-refractivity contribution in [1.82, 2.24) is 21.3 Å². The van der Waals surface area contributed by atoms with E-state index in [0.717, 1.165) is 5.56 Å². The largest absolute Gasteiger partial charge is 0.392 e. The Labute approximate surface area is 214 Å². The number of nitrogens with one attached hydrogen (secondary N) is 5. The molecule has 10 heteroatoms. The number of hydrogen-bond acceptors (Lipinski definition) is 6. The Morgan fingerprint density at radius 1 is 0.778 bits per heavy atom. The van der Waals surface area contributed by atoms with Crippen molar-refractivity contribution in [1.29, 1.82) is 0 Å². The third-order valence-electron chi connectivity index (χ3n) is 5.46. The van der Waals surface area contributed by atoms with Gasteiger partial charge in [0.05, 0.1) is 6.61 Å². The minimum atomic E-state index is -0.910. The van der Waals surface area contributed by atoms with Crippen molar-refractivity contribution in [2.24, 2.45) is 11.8 Å². The zero-order valence-corrected chi connectivity index (χ0v) is 22.3. The first kappa shape index (κ1) is 31.1. The van der Waals surface area contributed by atoms with E-state index >= 15 is 0 Å². The summed E-state index contributed by atoms with van der Waals surface area (Å²) in [5.74, 6) is -1.28. The molecule has 0 spiro atoms. The first-order valence-corrected chi connectivity index (χ1v) is 12.5. The molecule has 0 heterocycles. The fourth-order valence-corrected chi connectivity index (χ4v) is 3.51. The predicted molar refractivity (Wildman–Crippen MR) is 140 cm³/mol. The van der Waals surface area contributed by atoms with Crippen LogP contribution in [0.2, 0.25) is 0 Å². The number of rotatable bonds is 15. The van der Waals surface area contributed by atoms with Crippen LogP contribution < -0.4 is 26.6 Å². The lowest BCUT2D eigenvalue weighted by Gasteiger charge is -2.25. The van der Waals surface area contributed by atoms with E-state index in [4.69, 9.17) is 0 Å². The molecular formula is C26H43N5O5. The summed E-state index contributed by atoms with van der Waals surface area (Å²) in [6.45, 7) is 9.72. The zero-order chi connectivity index (χ0) is 27.3. The van der Waals surface area contributed by atoms with E-state index in [0.29, 0.717) is 25.1 Å². The lowest BCUT2D eigenvalue weighted by atomic mass is 10.0. The van der Waals surface area contributed by atoms with E-state index < -0.39 is 29.9 Å². The number of carbonyl (C=O) groups is 4. The molecule has 4 amide bonds. The van der Waals surface area contributed by atoms with Crippen molar-refractivity contribution in [3.63, 3.8) is 0 Å². The fourth-order valence-electron chi connectivity index (χ4n) is 3.51. The molecule has 36 heavy (non-hydrogen) atoms. The van der Waals surface area contributed by atoms with Crippen molar-refractivity contribution in [2.75, 3.05) is 18.9 Å². The number of aliphatic hydroxyl groups excluding tert-OH is 1. The van der Waals surface area contributed by atoms with Crippen LogP contribution in [-0.2, 0) is 25.8 Å². The molecule has 0 unspecified atom stereocenters. The number of amides is 4. The van der Waals surface area contributed by atoms with Gasteiger partial charge in [-0.1, -0.05) is 39.8 Å². The highest BCUT2D eigenvalue weighted by molar-refractivity contribution is 5.98. The molecule has 0 aliphatic rings. The highest BCUT2D eigenvalue weighted by atomic mass is 16.3. The van der Waals surface area contributed by atoms with Gasteiger partial charge in [-0.3, -0.25) is 19.2 Å². The molecule has 0 aromatic heterocycles. The average Bonchev–Trinajstić information content (AvgIpc) is 2.81. The Morgan fingerprint density at radius 3 is 1.83 bits per heavy atom. The molecule has 0 bridgehead atoms. The van der Waals surface area contributed by atoms with E-state index in [1.165, 1.54) is 0 Å². The van der Waals surface area contributed by atoms with Crippen LogP contribution in [0.1, 0.15) is 59.4 Å². The van der Waals surface area contributed by atoms with E-state index in [9.17, 15) is 24.3 Å². The Morgan fingerprint density at radius 2 is 1.33 bits per heavy atom. The Hall–Kier alpha value is -2.98. The molecule has 1 aromatic carbocycles. The molecule has 1 aromatic rings. The molecule has 1 rings (SSSR count). The minimum Gasteiger partial charge on any atom is -0.392 e. The maximum Gasteiger partial charge on any atom is 0.246 e. The van der Waals surface area contributed by atoms with Gasteiger partial charge in [0.15, 0.2) is 0 Å². The summed E-state index contributed by atoms with van der Waals surface area (Å²) < 4.78 is 0. The summed E-state index contributed by atoms with van der Waals surface area (Å²) in [5, 5.41) is 23.0. The van der Waals surface area contributed by atoms with Crippen LogP contribution in [0.25, 0.3) is 0 Å². The normalized spacial score (nSPS) is 13.6. The van der Waals surface area contributed by atoms with Crippen LogP contribution >= 0.6 is 0 Å². The molecule has 6 N–H and O–H groups in total. The van der Waals surface area contributed by atoms with Gasteiger partial charge in [0.2, 0.25) is 23.6 Å². The molecule has 3 atom stereocenters. The van der Waals surface area contributed by atoms with Gasteiger partial charge in [-0.15, -0.1) is 0 Å². The molecule has 202 valence electrons. The van der Waals surface area contributed by atoms with Gasteiger partial charge < -0.3 is 31.7 Å². The third-order valence-corrected chi connectivity index (χ3v) is 5.46. The standard InChI is InChI=1S/C26H43N5O5/c1-16(2)13-21(30-23(33)11-12-27-6)25(35)28-18(5)24(34)31-22(14-17(3)4)26(36)29-20-9-7-19(15-32)8-10-20/h7-10,16-18,21-22,27,32H,11-15H2,1-6H3,(H,28,35)(H,29,36)(H,30,33)(H,31,34)/t18-,21-,22-/m0/s1. The molecular weight excluding hydrogens is 462 g/mol. The van der Waals surface area contributed by atoms with Gasteiger partial charge in [-0.05, 0) is 56.3 Å². The highest BCUT2D eigenvalue weighted by Crippen LogP contribution is 2.13. The molecule has 0 aliphatic heterocycles. The minimum absolute atomic E-state index is 0.0957. The van der Waals surface area contributed by atoms with Crippen molar-refractivity contribution < 1.29 is 24.3 Å². The molecule has 10 nitrogen and oxygen atoms in total. The SMILES string of the molecule is CNCCC(=O)N[C@@H](CC(C)C)C(=O)N[C@@H](C)C(=O)N[C@@H](CC(C)C)C(=O)Nc1ccc(CO)cc1. The third kappa shape index (κ3) is 11.6. The van der Waals surface area contributed by atoms with E-state index in [-0.39, 0.29) is 36.7 Å². The molecule has 0 fully saturated rings. The summed E-state index contributed by atoms with van der Waals surface area (Å²) >= 11 is 0. The fraction of sp³-hybridized carbons (Fsp3) is 0.615. The van der Waals surface area contributed by atoms with Crippen molar-refractivity contribution >= 4 is 29.3 Å². The van der Waals surface area contributed by atoms with Crippen molar-refractivity contribution in [3.05, 3.63) is 29.8 Å². The van der Waals surface area contributed by atoms with Crippen molar-refractivity contribution in [3.8, 4) is 0 Å². The smallest absolute Gasteiger partial charge is 0.246 e. The zero-order valence-electron chi connectivity index (χ0n) is 22.3. The van der Waals surface area contributed by atoms with Gasteiger partial charge in [-0.25, -0.2) is 0 Å². The number of anilines is 1. The molecule has 0 saturated carbocycles. The lowest BCUT2D eigenvalue weighted by Crippen LogP contribution is -2.55. The first-order valence-electron chi connectivity index (χ1n) is 12.5. The number of aliphatic hydroxyl groups is 1. The molecule has 0 radical (unpaired) electrons. The Bertz CT molecular complexity index is 857. The first-order chi connectivity index (χ1) is 17.0. The van der Waals surface area contributed by atoms with E-state index in [1.54, 1.807) is 38.2 Å². The van der Waals surface area contributed by atoms with Crippen molar-refractivity contribution in [2.45, 2.75) is 78.6 Å². The van der Waals surface area contributed by atoms with Crippen LogP contribution in [-0.4, -0.2) is 60.5 Å². The van der Waals surface area contributed by atoms with Gasteiger partial charge in [0.1, 0.15) is 18.1 Å². The molecule has 0 saturated heterocycles. The number of carbonyl (C=O) groups excluding carboxylic acids is 4. The summed E-state index contributed by atoms with van der Waals surface area (Å²) in [4.78, 5) is 50.8. The number of hydrogen-bond donors (Lipinski definition) is 6. The average molecular weight is 506 g/mol. The predicted octanol–water partition coefficient (Wildman–Crippen LogP) is 1.29. The van der Waals surface area contributed by atoms with Crippen LogP contribution in [0.3, 0.4) is 0 Å². The summed E-state index contributed by atoms with van der Waals surface area (Å²) in [6, 6.07) is 4.29. The topological polar surface area (TPSA) is 149 Å². The second kappa shape index (κ2) is 15.9. The monoisotopic (exact) mass is 505 g/mol. The van der Waals surface area contributed by atoms with Gasteiger partial charge in [-0.2, -0.15) is 0 Å². The maximum atomic E-state index is 12.9. The van der Waals surface area contributed by atoms with Crippen LogP contribution in [0, 0.1) is 11.8 Å². The van der Waals surface area contributed by atoms with Gasteiger partial charge >= 0.3 is 0 Å². The summed E-state index contributed by atoms with van der Waals surface area (Å²) in [5.41, 5.74) is 1.27. The second-order valence-corrected chi connectivity index (χ2v) is 9.87. The molecule has 0 aliphatic carbocycles. The van der Waals surface area contributed by atoms with Gasteiger partial charge in [0, 0.05) is 18.7 Å². The Balaban J connectivity index is 2.81. The number of benzene rings is 1.